The highest BCUT2D eigenvalue weighted by molar-refractivity contribution is 5.76. The summed E-state index contributed by atoms with van der Waals surface area (Å²) in [6, 6.07) is 10.7. The number of likely N-dealkylation sites (tertiary alicyclic amines) is 1. The van der Waals surface area contributed by atoms with Gasteiger partial charge in [-0.2, -0.15) is 0 Å². The van der Waals surface area contributed by atoms with Crippen molar-refractivity contribution in [2.45, 2.75) is 45.6 Å². The third kappa shape index (κ3) is 6.32. The number of carbonyl (C=O) groups is 1. The minimum absolute atomic E-state index is 0.379. The molecule has 1 aromatic carbocycles. The average Bonchev–Trinajstić information content (AvgIpc) is 2.70. The van der Waals surface area contributed by atoms with Crippen molar-refractivity contribution in [3.05, 3.63) is 35.9 Å². The number of benzene rings is 1. The Morgan fingerprint density at radius 2 is 1.96 bits per heavy atom. The molecule has 2 aliphatic heterocycles. The molecule has 1 aromatic rings. The smallest absolute Gasteiger partial charge is 0.222 e. The van der Waals surface area contributed by atoms with E-state index in [1.807, 2.05) is 0 Å². The van der Waals surface area contributed by atoms with Gasteiger partial charge in [-0.25, -0.2) is 0 Å². The third-order valence-electron chi connectivity index (χ3n) is 6.47. The minimum Gasteiger partial charge on any atom is -0.343 e. The van der Waals surface area contributed by atoms with Crippen LogP contribution in [0.1, 0.15) is 44.6 Å². The summed E-state index contributed by atoms with van der Waals surface area (Å²) in [7, 11) is 2.21. The standard InChI is InChI=1S/C23H37N3O/c1-19(22-9-6-12-24-16-22)15-23(27)26-13-10-21(11-14-26)18-25(2)17-20-7-4-3-5-8-20/h3-5,7-8,19,21-22,24H,6,9-18H2,1-2H3. The van der Waals surface area contributed by atoms with E-state index in [-0.39, 0.29) is 0 Å². The van der Waals surface area contributed by atoms with Crippen LogP contribution in [0.3, 0.4) is 0 Å². The predicted molar refractivity (Wildman–Crippen MR) is 111 cm³/mol. The number of nitrogens with one attached hydrogen (secondary N) is 1. The van der Waals surface area contributed by atoms with Gasteiger partial charge in [-0.05, 0) is 69.1 Å². The van der Waals surface area contributed by atoms with E-state index in [0.717, 1.165) is 58.5 Å². The van der Waals surface area contributed by atoms with E-state index in [4.69, 9.17) is 0 Å². The quantitative estimate of drug-likeness (QED) is 0.798. The molecule has 150 valence electrons. The van der Waals surface area contributed by atoms with E-state index in [1.165, 1.54) is 18.4 Å². The van der Waals surface area contributed by atoms with E-state index in [9.17, 15) is 4.79 Å². The maximum atomic E-state index is 12.7. The molecular weight excluding hydrogens is 334 g/mol. The molecule has 2 saturated heterocycles. The first-order valence-corrected chi connectivity index (χ1v) is 10.8. The van der Waals surface area contributed by atoms with Crippen LogP contribution in [0.15, 0.2) is 30.3 Å². The molecule has 2 fully saturated rings. The molecule has 0 saturated carbocycles. The van der Waals surface area contributed by atoms with Crippen LogP contribution in [-0.4, -0.2) is 55.5 Å². The molecule has 4 heteroatoms. The second-order valence-corrected chi connectivity index (χ2v) is 8.79. The van der Waals surface area contributed by atoms with Crippen molar-refractivity contribution >= 4 is 5.91 Å². The first kappa shape index (κ1) is 20.3. The van der Waals surface area contributed by atoms with Crippen LogP contribution >= 0.6 is 0 Å². The summed E-state index contributed by atoms with van der Waals surface area (Å²) in [5.41, 5.74) is 1.37. The van der Waals surface area contributed by atoms with Crippen molar-refractivity contribution in [2.24, 2.45) is 17.8 Å². The number of hydrogen-bond donors (Lipinski definition) is 1. The van der Waals surface area contributed by atoms with Crippen molar-refractivity contribution in [3.8, 4) is 0 Å². The molecule has 2 heterocycles. The average molecular weight is 372 g/mol. The van der Waals surface area contributed by atoms with Crippen LogP contribution in [-0.2, 0) is 11.3 Å². The number of carbonyl (C=O) groups excluding carboxylic acids is 1. The van der Waals surface area contributed by atoms with Gasteiger partial charge in [0.05, 0.1) is 0 Å². The topological polar surface area (TPSA) is 35.6 Å². The summed E-state index contributed by atoms with van der Waals surface area (Å²) >= 11 is 0. The first-order valence-electron chi connectivity index (χ1n) is 10.8. The van der Waals surface area contributed by atoms with E-state index in [0.29, 0.717) is 23.7 Å². The predicted octanol–water partition coefficient (Wildman–Crippen LogP) is 3.38. The van der Waals surface area contributed by atoms with Gasteiger partial charge in [0.2, 0.25) is 5.91 Å². The molecule has 0 bridgehead atoms. The fraction of sp³-hybridized carbons (Fsp3) is 0.696. The fourth-order valence-corrected chi connectivity index (χ4v) is 4.70. The van der Waals surface area contributed by atoms with Gasteiger partial charge in [-0.15, -0.1) is 0 Å². The van der Waals surface area contributed by atoms with E-state index in [2.05, 4.69) is 59.4 Å². The van der Waals surface area contributed by atoms with Crippen molar-refractivity contribution in [1.82, 2.24) is 15.1 Å². The second kappa shape index (κ2) is 10.2. The molecule has 1 N–H and O–H groups in total. The monoisotopic (exact) mass is 371 g/mol. The second-order valence-electron chi connectivity index (χ2n) is 8.79. The summed E-state index contributed by atoms with van der Waals surface area (Å²) in [6.07, 6.45) is 5.54. The molecular formula is C23H37N3O. The highest BCUT2D eigenvalue weighted by Gasteiger charge is 2.27. The lowest BCUT2D eigenvalue weighted by atomic mass is 9.85. The van der Waals surface area contributed by atoms with Gasteiger partial charge in [-0.1, -0.05) is 37.3 Å². The van der Waals surface area contributed by atoms with Gasteiger partial charge in [0.15, 0.2) is 0 Å². The van der Waals surface area contributed by atoms with Crippen molar-refractivity contribution in [1.29, 1.82) is 0 Å². The summed E-state index contributed by atoms with van der Waals surface area (Å²) in [5.74, 6) is 2.26. The molecule has 2 unspecified atom stereocenters. The molecule has 4 nitrogen and oxygen atoms in total. The SMILES string of the molecule is CC(CC(=O)N1CCC(CN(C)Cc2ccccc2)CC1)C1CCCNC1. The molecule has 2 aliphatic rings. The molecule has 0 radical (unpaired) electrons. The summed E-state index contributed by atoms with van der Waals surface area (Å²) in [4.78, 5) is 17.3. The van der Waals surface area contributed by atoms with Crippen LogP contribution in [0.25, 0.3) is 0 Å². The lowest BCUT2D eigenvalue weighted by molar-refractivity contribution is -0.134. The lowest BCUT2D eigenvalue weighted by Crippen LogP contribution is -2.42. The van der Waals surface area contributed by atoms with Crippen molar-refractivity contribution < 1.29 is 4.79 Å². The normalized spacial score (nSPS) is 22.8. The zero-order valence-electron chi connectivity index (χ0n) is 17.2. The zero-order valence-corrected chi connectivity index (χ0v) is 17.2. The number of rotatable bonds is 7. The Kier molecular flexibility index (Phi) is 7.71. The Hall–Kier alpha value is -1.39. The van der Waals surface area contributed by atoms with Crippen LogP contribution in [0.2, 0.25) is 0 Å². The highest BCUT2D eigenvalue weighted by atomic mass is 16.2. The summed E-state index contributed by atoms with van der Waals surface area (Å²) in [6.45, 7) is 8.51. The number of piperidine rings is 2. The fourth-order valence-electron chi connectivity index (χ4n) is 4.70. The Bertz CT molecular complexity index is 562. The highest BCUT2D eigenvalue weighted by Crippen LogP contribution is 2.25. The lowest BCUT2D eigenvalue weighted by Gasteiger charge is -2.35. The van der Waals surface area contributed by atoms with E-state index in [1.54, 1.807) is 0 Å². The van der Waals surface area contributed by atoms with Crippen LogP contribution in [0.4, 0.5) is 0 Å². The van der Waals surface area contributed by atoms with Crippen LogP contribution in [0.5, 0.6) is 0 Å². The molecule has 27 heavy (non-hydrogen) atoms. The van der Waals surface area contributed by atoms with Gasteiger partial charge < -0.3 is 15.1 Å². The molecule has 0 aliphatic carbocycles. The molecule has 0 aromatic heterocycles. The maximum absolute atomic E-state index is 12.7. The summed E-state index contributed by atoms with van der Waals surface area (Å²) in [5, 5.41) is 3.48. The van der Waals surface area contributed by atoms with Gasteiger partial charge in [0.1, 0.15) is 0 Å². The Morgan fingerprint density at radius 1 is 1.22 bits per heavy atom. The van der Waals surface area contributed by atoms with Crippen molar-refractivity contribution in [3.63, 3.8) is 0 Å². The van der Waals surface area contributed by atoms with Crippen LogP contribution < -0.4 is 5.32 Å². The van der Waals surface area contributed by atoms with Crippen LogP contribution in [0, 0.1) is 17.8 Å². The number of amides is 1. The van der Waals surface area contributed by atoms with Gasteiger partial charge in [0.25, 0.3) is 0 Å². The van der Waals surface area contributed by atoms with Gasteiger partial charge in [0, 0.05) is 32.6 Å². The van der Waals surface area contributed by atoms with Crippen molar-refractivity contribution in [2.75, 3.05) is 39.8 Å². The Labute approximate surface area is 165 Å². The zero-order chi connectivity index (χ0) is 19.1. The van der Waals surface area contributed by atoms with E-state index >= 15 is 0 Å². The number of nitrogens with zero attached hydrogens (tertiary/aromatic N) is 2. The first-order chi connectivity index (χ1) is 13.1. The van der Waals surface area contributed by atoms with Gasteiger partial charge >= 0.3 is 0 Å². The third-order valence-corrected chi connectivity index (χ3v) is 6.47. The molecule has 3 rings (SSSR count). The molecule has 0 spiro atoms. The largest absolute Gasteiger partial charge is 0.343 e. The van der Waals surface area contributed by atoms with E-state index < -0.39 is 0 Å². The Morgan fingerprint density at radius 3 is 2.63 bits per heavy atom. The van der Waals surface area contributed by atoms with Gasteiger partial charge in [-0.3, -0.25) is 4.79 Å². The number of hydrogen-bond acceptors (Lipinski definition) is 3. The Balaban J connectivity index is 1.37. The molecule has 2 atom stereocenters. The summed E-state index contributed by atoms with van der Waals surface area (Å²) < 4.78 is 0. The minimum atomic E-state index is 0.379. The molecule has 1 amide bonds. The maximum Gasteiger partial charge on any atom is 0.222 e.